The van der Waals surface area contributed by atoms with Crippen molar-refractivity contribution in [3.8, 4) is 0 Å². The number of nitrogens with zero attached hydrogens (tertiary/aromatic N) is 2. The maximum Gasteiger partial charge on any atom is 0.416 e. The lowest BCUT2D eigenvalue weighted by Gasteiger charge is -2.37. The molecule has 2 N–H and O–H groups in total. The average Bonchev–Trinajstić information content (AvgIpc) is 2.38. The molecule has 1 fully saturated rings. The SMILES string of the molecule is CC(N)N1CCN(c2ccc(C(F)(F)F)cc2)CC1. The molecule has 0 radical (unpaired) electrons. The van der Waals surface area contributed by atoms with Gasteiger partial charge < -0.3 is 10.6 Å². The molecule has 0 amide bonds. The molecule has 0 spiro atoms. The highest BCUT2D eigenvalue weighted by Crippen LogP contribution is 2.30. The molecule has 1 heterocycles. The van der Waals surface area contributed by atoms with Gasteiger partial charge in [-0.3, -0.25) is 4.90 Å². The summed E-state index contributed by atoms with van der Waals surface area (Å²) in [6.45, 7) is 5.17. The van der Waals surface area contributed by atoms with Crippen LogP contribution in [0.4, 0.5) is 18.9 Å². The van der Waals surface area contributed by atoms with Crippen LogP contribution in [0.25, 0.3) is 0 Å². The molecule has 0 aliphatic carbocycles. The van der Waals surface area contributed by atoms with Crippen molar-refractivity contribution in [2.24, 2.45) is 5.73 Å². The molecule has 1 aliphatic rings. The standard InChI is InChI=1S/C13H18F3N3/c1-10(17)18-6-8-19(9-7-18)12-4-2-11(3-5-12)13(14,15)16/h2-5,10H,6-9,17H2,1H3. The van der Waals surface area contributed by atoms with Crippen LogP contribution in [0, 0.1) is 0 Å². The van der Waals surface area contributed by atoms with Gasteiger partial charge in [-0.2, -0.15) is 13.2 Å². The van der Waals surface area contributed by atoms with Gasteiger partial charge in [-0.15, -0.1) is 0 Å². The molecular weight excluding hydrogens is 255 g/mol. The monoisotopic (exact) mass is 273 g/mol. The predicted molar refractivity (Wildman–Crippen MR) is 68.9 cm³/mol. The molecule has 3 nitrogen and oxygen atoms in total. The second-order valence-corrected chi connectivity index (χ2v) is 4.81. The Kier molecular flexibility index (Phi) is 4.01. The smallest absolute Gasteiger partial charge is 0.369 e. The molecule has 6 heteroatoms. The van der Waals surface area contributed by atoms with Crippen LogP contribution in [0.5, 0.6) is 0 Å². The third kappa shape index (κ3) is 3.39. The second-order valence-electron chi connectivity index (χ2n) is 4.81. The van der Waals surface area contributed by atoms with Crippen LogP contribution in [0.1, 0.15) is 12.5 Å². The van der Waals surface area contributed by atoms with E-state index in [4.69, 9.17) is 5.73 Å². The predicted octanol–water partition coefficient (Wildman–Crippen LogP) is 2.13. The van der Waals surface area contributed by atoms with Crippen molar-refractivity contribution in [1.29, 1.82) is 0 Å². The first-order valence-electron chi connectivity index (χ1n) is 6.30. The molecule has 1 saturated heterocycles. The third-order valence-electron chi connectivity index (χ3n) is 3.45. The molecular formula is C13H18F3N3. The van der Waals surface area contributed by atoms with Gasteiger partial charge >= 0.3 is 6.18 Å². The number of piperazine rings is 1. The van der Waals surface area contributed by atoms with Crippen molar-refractivity contribution in [3.63, 3.8) is 0 Å². The van der Waals surface area contributed by atoms with Gasteiger partial charge in [-0.05, 0) is 31.2 Å². The molecule has 1 unspecified atom stereocenters. The highest BCUT2D eigenvalue weighted by molar-refractivity contribution is 5.48. The van der Waals surface area contributed by atoms with Crippen molar-refractivity contribution in [3.05, 3.63) is 29.8 Å². The van der Waals surface area contributed by atoms with Crippen molar-refractivity contribution in [2.45, 2.75) is 19.3 Å². The highest BCUT2D eigenvalue weighted by Gasteiger charge is 2.30. The number of hydrogen-bond acceptors (Lipinski definition) is 3. The lowest BCUT2D eigenvalue weighted by Crippen LogP contribution is -2.52. The van der Waals surface area contributed by atoms with E-state index in [0.717, 1.165) is 44.0 Å². The Morgan fingerprint density at radius 3 is 2.00 bits per heavy atom. The molecule has 2 rings (SSSR count). The van der Waals surface area contributed by atoms with E-state index in [1.807, 2.05) is 6.92 Å². The van der Waals surface area contributed by atoms with Crippen LogP contribution < -0.4 is 10.6 Å². The fraction of sp³-hybridized carbons (Fsp3) is 0.538. The number of nitrogens with two attached hydrogens (primary N) is 1. The van der Waals surface area contributed by atoms with Crippen LogP contribution in [-0.2, 0) is 6.18 Å². The van der Waals surface area contributed by atoms with E-state index in [1.165, 1.54) is 12.1 Å². The van der Waals surface area contributed by atoms with Gasteiger partial charge in [0.1, 0.15) is 0 Å². The van der Waals surface area contributed by atoms with Crippen LogP contribution in [0.2, 0.25) is 0 Å². The Hall–Kier alpha value is -1.27. The minimum absolute atomic E-state index is 0.0229. The lowest BCUT2D eigenvalue weighted by molar-refractivity contribution is -0.137. The van der Waals surface area contributed by atoms with E-state index in [9.17, 15) is 13.2 Å². The average molecular weight is 273 g/mol. The summed E-state index contributed by atoms with van der Waals surface area (Å²) in [7, 11) is 0. The van der Waals surface area contributed by atoms with Gasteiger partial charge in [0.2, 0.25) is 0 Å². The fourth-order valence-corrected chi connectivity index (χ4v) is 2.25. The van der Waals surface area contributed by atoms with Gasteiger partial charge in [0, 0.05) is 31.9 Å². The summed E-state index contributed by atoms with van der Waals surface area (Å²) in [5, 5.41) is 0. The Morgan fingerprint density at radius 1 is 1.05 bits per heavy atom. The number of hydrogen-bond donors (Lipinski definition) is 1. The topological polar surface area (TPSA) is 32.5 Å². The van der Waals surface area contributed by atoms with Gasteiger partial charge in [0.25, 0.3) is 0 Å². The van der Waals surface area contributed by atoms with Gasteiger partial charge in [-0.1, -0.05) is 0 Å². The Balaban J connectivity index is 2.00. The number of rotatable bonds is 2. The summed E-state index contributed by atoms with van der Waals surface area (Å²) in [6, 6.07) is 5.33. The largest absolute Gasteiger partial charge is 0.416 e. The zero-order chi connectivity index (χ0) is 14.0. The molecule has 0 bridgehead atoms. The summed E-state index contributed by atoms with van der Waals surface area (Å²) < 4.78 is 37.4. The molecule has 1 aromatic carbocycles. The molecule has 1 aromatic rings. The van der Waals surface area contributed by atoms with Gasteiger partial charge in [0.15, 0.2) is 0 Å². The van der Waals surface area contributed by atoms with Crippen molar-refractivity contribution < 1.29 is 13.2 Å². The Labute approximate surface area is 110 Å². The van der Waals surface area contributed by atoms with E-state index >= 15 is 0 Å². The van der Waals surface area contributed by atoms with E-state index < -0.39 is 11.7 Å². The van der Waals surface area contributed by atoms with E-state index in [-0.39, 0.29) is 6.17 Å². The van der Waals surface area contributed by atoms with Crippen molar-refractivity contribution in [2.75, 3.05) is 31.1 Å². The van der Waals surface area contributed by atoms with Gasteiger partial charge in [-0.25, -0.2) is 0 Å². The molecule has 19 heavy (non-hydrogen) atoms. The second kappa shape index (κ2) is 5.38. The normalized spacial score (nSPS) is 19.5. The highest BCUT2D eigenvalue weighted by atomic mass is 19.4. The lowest BCUT2D eigenvalue weighted by atomic mass is 10.1. The molecule has 1 aliphatic heterocycles. The maximum atomic E-state index is 12.5. The van der Waals surface area contributed by atoms with E-state index in [0.29, 0.717) is 0 Å². The number of halogens is 3. The van der Waals surface area contributed by atoms with Crippen LogP contribution >= 0.6 is 0 Å². The maximum absolute atomic E-state index is 12.5. The zero-order valence-electron chi connectivity index (χ0n) is 10.8. The van der Waals surface area contributed by atoms with Gasteiger partial charge in [0.05, 0.1) is 11.7 Å². The first-order chi connectivity index (χ1) is 8.88. The minimum atomic E-state index is -4.27. The van der Waals surface area contributed by atoms with E-state index in [1.54, 1.807) is 0 Å². The summed E-state index contributed by atoms with van der Waals surface area (Å²) in [5.74, 6) is 0. The summed E-state index contributed by atoms with van der Waals surface area (Å²) in [5.41, 5.74) is 6.03. The molecule has 0 aromatic heterocycles. The van der Waals surface area contributed by atoms with Crippen LogP contribution in [-0.4, -0.2) is 37.2 Å². The molecule has 0 saturated carbocycles. The first-order valence-corrected chi connectivity index (χ1v) is 6.30. The quantitative estimate of drug-likeness (QED) is 0.896. The first kappa shape index (κ1) is 14.1. The summed E-state index contributed by atoms with van der Waals surface area (Å²) >= 11 is 0. The van der Waals surface area contributed by atoms with E-state index in [2.05, 4.69) is 9.80 Å². The summed E-state index contributed by atoms with van der Waals surface area (Å²) in [6.07, 6.45) is -4.25. The Morgan fingerprint density at radius 2 is 1.58 bits per heavy atom. The van der Waals surface area contributed by atoms with Crippen molar-refractivity contribution >= 4 is 5.69 Å². The Bertz CT molecular complexity index is 406. The number of benzene rings is 1. The number of anilines is 1. The van der Waals surface area contributed by atoms with Crippen LogP contribution in [0.3, 0.4) is 0 Å². The minimum Gasteiger partial charge on any atom is -0.369 e. The number of alkyl halides is 3. The molecule has 1 atom stereocenters. The third-order valence-corrected chi connectivity index (χ3v) is 3.45. The summed E-state index contributed by atoms with van der Waals surface area (Å²) in [4.78, 5) is 4.24. The zero-order valence-corrected chi connectivity index (χ0v) is 10.8. The fourth-order valence-electron chi connectivity index (χ4n) is 2.25. The van der Waals surface area contributed by atoms with Crippen LogP contribution in [0.15, 0.2) is 24.3 Å². The van der Waals surface area contributed by atoms with Crippen molar-refractivity contribution in [1.82, 2.24) is 4.90 Å². The molecule has 106 valence electrons.